The molecule has 0 radical (unpaired) electrons. The van der Waals surface area contributed by atoms with E-state index in [1.54, 1.807) is 0 Å². The van der Waals surface area contributed by atoms with Gasteiger partial charge in [0.15, 0.2) is 11.6 Å². The van der Waals surface area contributed by atoms with E-state index in [1.807, 2.05) is 72.8 Å². The zero-order valence-electron chi connectivity index (χ0n) is 83.3. The maximum Gasteiger partial charge on any atom is 0.160 e. The molecule has 0 bridgehead atoms. The Labute approximate surface area is 866 Å². The summed E-state index contributed by atoms with van der Waals surface area (Å²) in [6.45, 7) is 14.0. The second kappa shape index (κ2) is 37.1. The van der Waals surface area contributed by atoms with Crippen molar-refractivity contribution in [3.8, 4) is 191 Å². The van der Waals surface area contributed by atoms with Crippen molar-refractivity contribution >= 4 is 54.5 Å². The van der Waals surface area contributed by atoms with E-state index in [-0.39, 0.29) is 16.2 Å². The van der Waals surface area contributed by atoms with E-state index in [4.69, 9.17) is 44.9 Å². The van der Waals surface area contributed by atoms with E-state index >= 15 is 0 Å². The standard InChI is InChI=1S/C54H37N3.C46H33N3.C40H29N3/c1-54(2)45-19-11-9-17-42(45)52-50(54)49(43-18-10-12-20-48(43)57-52)39-27-23-35(24-28-39)34-21-25-36(26-22-34)44-33-40-29-31-46(37-13-5-3-6-14-37)55-51(40)53-41(44)30-32-47(56-53)38-15-7-4-8-16-38;1-46(2)38-19-11-9-17-36(38)44-43(46)42(37-18-10-12-20-39(37)47-44)34-27-25-33(26-28-34)41-29-40(48-45(49-41)35-15-7-4-8-16-35)32-23-21-31(22-24-32)30-13-5-3-6-14-30;1-40(2)32-19-11-9-17-30(32)38-37(40)36(31-18-10-12-20-33(31)41-38)28-23-21-27(22-24-28)35-25-34(26-13-5-3-6-14-26)42-39(43-35)29-15-7-4-8-16-29/h3-33H,1-2H3;3-29H,1-2H3;3-25H,1-2H3. The minimum absolute atomic E-state index is 0.168. The Morgan fingerprint density at radius 2 is 0.403 bits per heavy atom. The predicted octanol–water partition coefficient (Wildman–Crippen LogP) is 35.6. The average molecular weight is 1910 g/mol. The number of fused-ring (bicyclic) bond motifs is 15. The monoisotopic (exact) mass is 1910 g/mol. The van der Waals surface area contributed by atoms with Gasteiger partial charge in [-0.3, -0.25) is 0 Å². The maximum atomic E-state index is 5.29. The van der Waals surface area contributed by atoms with Crippen LogP contribution in [-0.4, -0.2) is 44.9 Å². The van der Waals surface area contributed by atoms with E-state index < -0.39 is 0 Å². The molecule has 704 valence electrons. The Kier molecular flexibility index (Phi) is 22.5. The van der Waals surface area contributed by atoms with Gasteiger partial charge in [-0.1, -0.05) is 478 Å². The number of nitrogens with zero attached hydrogens (tertiary/aromatic N) is 9. The van der Waals surface area contributed by atoms with Gasteiger partial charge in [0.1, 0.15) is 0 Å². The Balaban J connectivity index is 0.000000114. The van der Waals surface area contributed by atoms with E-state index in [0.29, 0.717) is 5.82 Å². The fourth-order valence-corrected chi connectivity index (χ4v) is 23.0. The molecule has 0 fully saturated rings. The van der Waals surface area contributed by atoms with Crippen molar-refractivity contribution in [1.82, 2.24) is 44.9 Å². The van der Waals surface area contributed by atoms with Gasteiger partial charge in [0.05, 0.1) is 78.8 Å². The zero-order chi connectivity index (χ0) is 100. The summed E-state index contributed by atoms with van der Waals surface area (Å²) < 4.78 is 0. The van der Waals surface area contributed by atoms with Crippen molar-refractivity contribution in [2.75, 3.05) is 0 Å². The first-order valence-electron chi connectivity index (χ1n) is 51.1. The highest BCUT2D eigenvalue weighted by Crippen LogP contribution is 2.58. The van der Waals surface area contributed by atoms with E-state index in [1.165, 1.54) is 122 Å². The number of hydrogen-bond donors (Lipinski definition) is 0. The molecule has 9 heteroatoms. The van der Waals surface area contributed by atoms with Crippen molar-refractivity contribution < 1.29 is 0 Å². The van der Waals surface area contributed by atoms with Crippen molar-refractivity contribution in [1.29, 1.82) is 0 Å². The Morgan fingerprint density at radius 1 is 0.154 bits per heavy atom. The lowest BCUT2D eigenvalue weighted by molar-refractivity contribution is 0.661. The van der Waals surface area contributed by atoms with Crippen molar-refractivity contribution in [3.63, 3.8) is 0 Å². The molecule has 25 aromatic rings. The molecule has 7 heterocycles. The molecule has 0 N–H and O–H groups in total. The third kappa shape index (κ3) is 16.2. The van der Waals surface area contributed by atoms with Crippen LogP contribution in [0.15, 0.2) is 491 Å². The molecule has 9 nitrogen and oxygen atoms in total. The molecule has 3 aliphatic rings. The number of pyridine rings is 5. The number of benzene rings is 18. The third-order valence-corrected chi connectivity index (χ3v) is 30.4. The molecule has 0 atom stereocenters. The summed E-state index contributed by atoms with van der Waals surface area (Å²) in [4.78, 5) is 46.3. The second-order valence-corrected chi connectivity index (χ2v) is 40.5. The fourth-order valence-electron chi connectivity index (χ4n) is 23.0. The summed E-state index contributed by atoms with van der Waals surface area (Å²) in [6.07, 6.45) is 0. The van der Waals surface area contributed by atoms with Crippen LogP contribution in [0, 0.1) is 0 Å². The zero-order valence-corrected chi connectivity index (χ0v) is 83.3. The molecule has 18 aromatic carbocycles. The molecule has 0 amide bonds. The second-order valence-electron chi connectivity index (χ2n) is 40.5. The molecule has 28 rings (SSSR count). The number of aromatic nitrogens is 9. The van der Waals surface area contributed by atoms with Crippen LogP contribution in [0.3, 0.4) is 0 Å². The van der Waals surface area contributed by atoms with Crippen molar-refractivity contribution in [3.05, 3.63) is 525 Å². The highest BCUT2D eigenvalue weighted by atomic mass is 14.9. The molecule has 0 aliphatic heterocycles. The van der Waals surface area contributed by atoms with E-state index in [0.717, 1.165) is 151 Å². The van der Waals surface area contributed by atoms with Crippen LogP contribution in [-0.2, 0) is 16.2 Å². The van der Waals surface area contributed by atoms with Gasteiger partial charge in [0.2, 0.25) is 0 Å². The maximum absolute atomic E-state index is 5.29. The molecule has 0 spiro atoms. The lowest BCUT2D eigenvalue weighted by atomic mass is 9.78. The summed E-state index contributed by atoms with van der Waals surface area (Å²) in [7, 11) is 0. The highest BCUT2D eigenvalue weighted by Gasteiger charge is 2.43. The number of hydrogen-bond acceptors (Lipinski definition) is 9. The summed E-state index contributed by atoms with van der Waals surface area (Å²) in [5.74, 6) is 1.43. The molecule has 149 heavy (non-hydrogen) atoms. The average Bonchev–Trinajstić information content (AvgIpc) is 1.57. The van der Waals surface area contributed by atoms with Gasteiger partial charge in [-0.15, -0.1) is 0 Å². The van der Waals surface area contributed by atoms with Gasteiger partial charge in [-0.05, 0) is 155 Å². The van der Waals surface area contributed by atoms with Crippen LogP contribution in [0.5, 0.6) is 0 Å². The van der Waals surface area contributed by atoms with Crippen LogP contribution in [0.2, 0.25) is 0 Å². The largest absolute Gasteiger partial charge is 0.247 e. The van der Waals surface area contributed by atoms with Crippen molar-refractivity contribution in [2.45, 2.75) is 57.8 Å². The molecular weight excluding hydrogens is 1810 g/mol. The van der Waals surface area contributed by atoms with Gasteiger partial charge in [-0.25, -0.2) is 44.9 Å². The molecule has 3 aliphatic carbocycles. The highest BCUT2D eigenvalue weighted by molar-refractivity contribution is 6.12. The van der Waals surface area contributed by atoms with Crippen LogP contribution in [0.1, 0.15) is 74.9 Å². The van der Waals surface area contributed by atoms with Crippen LogP contribution < -0.4 is 0 Å². The smallest absolute Gasteiger partial charge is 0.160 e. The number of para-hydroxylation sites is 3. The molecule has 0 saturated heterocycles. The van der Waals surface area contributed by atoms with Crippen LogP contribution >= 0.6 is 0 Å². The van der Waals surface area contributed by atoms with Gasteiger partial charge < -0.3 is 0 Å². The third-order valence-electron chi connectivity index (χ3n) is 30.4. The summed E-state index contributed by atoms with van der Waals surface area (Å²) in [5, 5.41) is 5.68. The SMILES string of the molecule is CC1(C)c2ccccc2-c2nc3ccccc3c(-c3ccc(-c4cc(-c5ccc(-c6ccccc6)cc5)nc(-c5ccccc5)n4)cc3)c21.CC1(C)c2ccccc2-c2nc3ccccc3c(-c3ccc(-c4cc(-c5ccccc5)nc(-c5ccccc5)n4)cc3)c21.CC1(C)c2ccccc2-c2nc3ccccc3c(-c3ccc(-c4ccc(-c5cc6ccc(-c7ccccc7)nc6c6nc(-c7ccccc7)ccc56)cc4)cc3)c21. The van der Waals surface area contributed by atoms with E-state index in [2.05, 4.69) is 460 Å². The quantitative estimate of drug-likeness (QED) is 0.0981. The predicted molar refractivity (Wildman–Crippen MR) is 616 cm³/mol. The topological polar surface area (TPSA) is 116 Å². The Morgan fingerprint density at radius 3 is 0.745 bits per heavy atom. The van der Waals surface area contributed by atoms with E-state index in [9.17, 15) is 0 Å². The number of rotatable bonds is 14. The first kappa shape index (κ1) is 90.2. The molecule has 0 saturated carbocycles. The Hall–Kier alpha value is -18.8. The van der Waals surface area contributed by atoms with Gasteiger partial charge in [0, 0.05) is 104 Å². The lowest BCUT2D eigenvalue weighted by Crippen LogP contribution is -2.16. The summed E-state index contributed by atoms with van der Waals surface area (Å²) >= 11 is 0. The Bertz CT molecular complexity index is 9460. The van der Waals surface area contributed by atoms with Crippen LogP contribution in [0.4, 0.5) is 0 Å². The minimum Gasteiger partial charge on any atom is -0.247 e. The minimum atomic E-state index is -0.181. The van der Waals surface area contributed by atoms with Gasteiger partial charge >= 0.3 is 0 Å². The first-order valence-corrected chi connectivity index (χ1v) is 51.1. The summed E-state index contributed by atoms with van der Waals surface area (Å²) in [5.41, 5.74) is 47.4. The molecule has 0 unspecified atom stereocenters. The normalized spacial score (nSPS) is 12.9. The van der Waals surface area contributed by atoms with Crippen molar-refractivity contribution in [2.24, 2.45) is 0 Å². The van der Waals surface area contributed by atoms with Crippen LogP contribution in [0.25, 0.3) is 245 Å². The summed E-state index contributed by atoms with van der Waals surface area (Å²) in [6, 6.07) is 173. The van der Waals surface area contributed by atoms with Gasteiger partial charge in [-0.2, -0.15) is 0 Å². The molecular formula is C140H99N9. The molecule has 7 aromatic heterocycles. The van der Waals surface area contributed by atoms with Gasteiger partial charge in [0.25, 0.3) is 0 Å². The first-order chi connectivity index (χ1) is 73.1. The fraction of sp³-hybridized carbons (Fsp3) is 0.0643. The lowest BCUT2D eigenvalue weighted by Gasteiger charge is -2.25.